The van der Waals surface area contributed by atoms with Crippen molar-refractivity contribution in [1.82, 2.24) is 9.97 Å². The molecule has 0 fully saturated rings. The molecule has 5 aromatic rings. The predicted octanol–water partition coefficient (Wildman–Crippen LogP) is 8.03. The summed E-state index contributed by atoms with van der Waals surface area (Å²) in [5.41, 5.74) is 10.4. The number of nitrogens with zero attached hydrogens (tertiary/aromatic N) is 2. The number of carbonyl (C=O) groups is 1. The second-order valence-electron chi connectivity index (χ2n) is 8.85. The van der Waals surface area contributed by atoms with Gasteiger partial charge >= 0.3 is 12.2 Å². The summed E-state index contributed by atoms with van der Waals surface area (Å²) in [6.45, 7) is 3.88. The Morgan fingerprint density at radius 3 is 2.38 bits per heavy atom. The van der Waals surface area contributed by atoms with Crippen LogP contribution in [0.25, 0.3) is 32.3 Å². The third kappa shape index (κ3) is 5.26. The Morgan fingerprint density at radius 1 is 0.949 bits per heavy atom. The minimum absolute atomic E-state index is 0.358. The highest BCUT2D eigenvalue weighted by Gasteiger charge is 2.31. The highest BCUT2D eigenvalue weighted by Crippen LogP contribution is 2.42. The zero-order valence-corrected chi connectivity index (χ0v) is 21.5. The number of hydrogen-bond donors (Lipinski definition) is 3. The first-order valence-corrected chi connectivity index (χ1v) is 12.5. The number of amides is 2. The third-order valence-corrected chi connectivity index (χ3v) is 7.15. The first-order chi connectivity index (χ1) is 18.5. The van der Waals surface area contributed by atoms with Crippen LogP contribution in [-0.4, -0.2) is 16.0 Å². The highest BCUT2D eigenvalue weighted by atomic mass is 32.1. The number of carbonyl (C=O) groups excluding carboxylic acids is 1. The van der Waals surface area contributed by atoms with Crippen LogP contribution in [0, 0.1) is 19.7 Å². The number of fused-ring (bicyclic) bond motifs is 1. The molecule has 0 spiro atoms. The van der Waals surface area contributed by atoms with Gasteiger partial charge in [0.2, 0.25) is 0 Å². The molecule has 0 aliphatic carbocycles. The van der Waals surface area contributed by atoms with Gasteiger partial charge < -0.3 is 16.4 Å². The van der Waals surface area contributed by atoms with Crippen molar-refractivity contribution in [2.75, 3.05) is 16.4 Å². The lowest BCUT2D eigenvalue weighted by Crippen LogP contribution is -2.20. The third-order valence-electron chi connectivity index (χ3n) is 6.14. The Hall–Kier alpha value is -4.51. The number of alkyl halides is 3. The van der Waals surface area contributed by atoms with E-state index in [1.807, 2.05) is 31.4 Å². The quantitative estimate of drug-likeness (QED) is 0.197. The smallest absolute Gasteiger partial charge is 0.383 e. The summed E-state index contributed by atoms with van der Waals surface area (Å²) in [6.07, 6.45) is -2.92. The van der Waals surface area contributed by atoms with Crippen LogP contribution in [0.5, 0.6) is 0 Å². The summed E-state index contributed by atoms with van der Waals surface area (Å²) in [6, 6.07) is 11.7. The number of benzene rings is 2. The Morgan fingerprint density at radius 2 is 1.69 bits per heavy atom. The maximum atomic E-state index is 14.0. The van der Waals surface area contributed by atoms with E-state index < -0.39 is 29.3 Å². The number of nitrogen functional groups attached to an aromatic ring is 1. The van der Waals surface area contributed by atoms with Crippen LogP contribution in [-0.2, 0) is 6.18 Å². The first-order valence-electron chi connectivity index (χ1n) is 11.7. The maximum absolute atomic E-state index is 14.0. The van der Waals surface area contributed by atoms with E-state index in [1.54, 1.807) is 30.5 Å². The molecule has 0 saturated heterocycles. The van der Waals surface area contributed by atoms with Crippen LogP contribution in [0.4, 0.5) is 39.5 Å². The largest absolute Gasteiger partial charge is 0.416 e. The van der Waals surface area contributed by atoms with Crippen molar-refractivity contribution >= 4 is 44.6 Å². The molecule has 2 aromatic carbocycles. The van der Waals surface area contributed by atoms with Crippen molar-refractivity contribution < 1.29 is 22.4 Å². The number of rotatable bonds is 4. The van der Waals surface area contributed by atoms with E-state index in [1.165, 1.54) is 11.3 Å². The van der Waals surface area contributed by atoms with Gasteiger partial charge in [-0.3, -0.25) is 4.98 Å². The Balaban J connectivity index is 1.39. The van der Waals surface area contributed by atoms with Crippen molar-refractivity contribution in [3.05, 3.63) is 88.9 Å². The molecule has 39 heavy (non-hydrogen) atoms. The Labute approximate surface area is 224 Å². The summed E-state index contributed by atoms with van der Waals surface area (Å²) in [4.78, 5) is 21.3. The number of aromatic nitrogens is 2. The number of hydrogen-bond acceptors (Lipinski definition) is 5. The van der Waals surface area contributed by atoms with Crippen molar-refractivity contribution in [1.29, 1.82) is 0 Å². The molecule has 4 N–H and O–H groups in total. The van der Waals surface area contributed by atoms with Crippen LogP contribution in [0.1, 0.15) is 17.0 Å². The lowest BCUT2D eigenvalue weighted by Gasteiger charge is -2.12. The predicted molar refractivity (Wildman–Crippen MR) is 146 cm³/mol. The van der Waals surface area contributed by atoms with Crippen molar-refractivity contribution in [3.8, 4) is 22.3 Å². The SMILES string of the molecule is Cc1ccc(-c2cnc(N)c3c(-c4ccc(NC(=O)Nc5cc(C(F)(F)F)ccc5F)cc4)csc23)c(C)n1. The van der Waals surface area contributed by atoms with Gasteiger partial charge in [0.1, 0.15) is 11.6 Å². The number of nitrogens with two attached hydrogens (primary N) is 1. The minimum atomic E-state index is -4.67. The number of urea groups is 1. The summed E-state index contributed by atoms with van der Waals surface area (Å²) < 4.78 is 53.8. The van der Waals surface area contributed by atoms with E-state index in [-0.39, 0.29) is 0 Å². The topological polar surface area (TPSA) is 92.9 Å². The monoisotopic (exact) mass is 551 g/mol. The van der Waals surface area contributed by atoms with Crippen LogP contribution >= 0.6 is 11.3 Å². The van der Waals surface area contributed by atoms with Gasteiger partial charge in [0.25, 0.3) is 0 Å². The summed E-state index contributed by atoms with van der Waals surface area (Å²) in [5.74, 6) is -0.604. The lowest BCUT2D eigenvalue weighted by atomic mass is 10.0. The van der Waals surface area contributed by atoms with E-state index in [0.717, 1.165) is 43.7 Å². The molecule has 0 aliphatic rings. The molecular weight excluding hydrogens is 530 g/mol. The van der Waals surface area contributed by atoms with Gasteiger partial charge in [0.05, 0.1) is 11.3 Å². The second-order valence-corrected chi connectivity index (χ2v) is 9.72. The van der Waals surface area contributed by atoms with Crippen LogP contribution in [0.15, 0.2) is 66.2 Å². The maximum Gasteiger partial charge on any atom is 0.416 e. The van der Waals surface area contributed by atoms with Gasteiger partial charge in [-0.25, -0.2) is 14.2 Å². The fourth-order valence-corrected chi connectivity index (χ4v) is 5.37. The van der Waals surface area contributed by atoms with Crippen LogP contribution in [0.3, 0.4) is 0 Å². The van der Waals surface area contributed by atoms with E-state index in [9.17, 15) is 22.4 Å². The average molecular weight is 552 g/mol. The summed E-state index contributed by atoms with van der Waals surface area (Å²) in [7, 11) is 0. The number of pyridine rings is 2. The van der Waals surface area contributed by atoms with Gasteiger partial charge in [-0.2, -0.15) is 13.2 Å². The van der Waals surface area contributed by atoms with E-state index >= 15 is 0 Å². The minimum Gasteiger partial charge on any atom is -0.383 e. The molecule has 0 atom stereocenters. The van der Waals surface area contributed by atoms with E-state index in [2.05, 4.69) is 20.6 Å². The van der Waals surface area contributed by atoms with Gasteiger partial charge in [0, 0.05) is 50.0 Å². The molecule has 198 valence electrons. The standard InChI is InChI=1S/C28H21F4N5OS/c1-14-3-9-19(15(2)35-14)20-12-34-26(33)24-21(13-39-25(20)24)16-4-7-18(8-5-16)36-27(38)37-23-11-17(28(30,31)32)6-10-22(23)29/h3-13H,1-2H3,(H2,33,34)(H2,36,37,38). The van der Waals surface area contributed by atoms with E-state index in [0.29, 0.717) is 29.7 Å². The molecular formula is C28H21F4N5OS. The molecule has 0 saturated carbocycles. The van der Waals surface area contributed by atoms with Gasteiger partial charge in [-0.1, -0.05) is 18.2 Å². The lowest BCUT2D eigenvalue weighted by molar-refractivity contribution is -0.137. The second kappa shape index (κ2) is 9.99. The number of aryl methyl sites for hydroxylation is 2. The Bertz CT molecular complexity index is 1710. The number of anilines is 3. The molecule has 0 aliphatic heterocycles. The molecule has 0 radical (unpaired) electrons. The van der Waals surface area contributed by atoms with Crippen LogP contribution in [0.2, 0.25) is 0 Å². The zero-order valence-electron chi connectivity index (χ0n) is 20.7. The molecule has 0 unspecified atom stereocenters. The highest BCUT2D eigenvalue weighted by molar-refractivity contribution is 7.18. The molecule has 6 nitrogen and oxygen atoms in total. The number of nitrogens with one attached hydrogen (secondary N) is 2. The van der Waals surface area contributed by atoms with Crippen molar-refractivity contribution in [2.24, 2.45) is 0 Å². The van der Waals surface area contributed by atoms with Gasteiger partial charge in [-0.05, 0) is 61.2 Å². The van der Waals surface area contributed by atoms with Crippen molar-refractivity contribution in [3.63, 3.8) is 0 Å². The van der Waals surface area contributed by atoms with Gasteiger partial charge in [-0.15, -0.1) is 11.3 Å². The number of halogens is 4. The first kappa shape index (κ1) is 26.1. The van der Waals surface area contributed by atoms with Gasteiger partial charge in [0.15, 0.2) is 0 Å². The average Bonchev–Trinajstić information content (AvgIpc) is 3.32. The number of thiophene rings is 1. The molecule has 5 rings (SSSR count). The van der Waals surface area contributed by atoms with E-state index in [4.69, 9.17) is 5.73 Å². The molecule has 11 heteroatoms. The molecule has 3 aromatic heterocycles. The fraction of sp³-hybridized carbons (Fsp3) is 0.107. The van der Waals surface area contributed by atoms with Crippen molar-refractivity contribution in [2.45, 2.75) is 20.0 Å². The summed E-state index contributed by atoms with van der Waals surface area (Å²) in [5, 5.41) is 7.40. The fourth-order valence-electron chi connectivity index (χ4n) is 4.26. The summed E-state index contributed by atoms with van der Waals surface area (Å²) >= 11 is 1.53. The normalized spacial score (nSPS) is 11.5. The molecule has 2 amide bonds. The van der Waals surface area contributed by atoms with Crippen LogP contribution < -0.4 is 16.4 Å². The Kier molecular flexibility index (Phi) is 6.69. The molecule has 0 bridgehead atoms. The molecule has 3 heterocycles. The zero-order chi connectivity index (χ0) is 27.9.